The first-order valence-electron chi connectivity index (χ1n) is 7.77. The summed E-state index contributed by atoms with van der Waals surface area (Å²) in [5, 5.41) is 0. The molecule has 0 atom stereocenters. The number of benzene rings is 2. The van der Waals surface area contributed by atoms with Crippen molar-refractivity contribution in [2.75, 3.05) is 13.1 Å². The number of hydrogen-bond acceptors (Lipinski definition) is 3. The van der Waals surface area contributed by atoms with Crippen LogP contribution < -0.4 is 5.73 Å². The molecule has 0 amide bonds. The average Bonchev–Trinajstić information content (AvgIpc) is 2.58. The summed E-state index contributed by atoms with van der Waals surface area (Å²) in [7, 11) is -4.26. The second-order valence-corrected chi connectivity index (χ2v) is 7.54. The molecule has 27 heavy (non-hydrogen) atoms. The van der Waals surface area contributed by atoms with Crippen LogP contribution in [0.1, 0.15) is 17.5 Å². The lowest BCUT2D eigenvalue weighted by molar-refractivity contribution is -0.140. The molecule has 2 rings (SSSR count). The topological polar surface area (TPSA) is 63.4 Å². The SMILES string of the molecule is Cl.NCCCN(Cc1ccccc1)S(=O)(=O)c1ccc(F)c(C(F)(F)F)c1. The number of nitrogens with zero attached hydrogens (tertiary/aromatic N) is 1. The average molecular weight is 427 g/mol. The summed E-state index contributed by atoms with van der Waals surface area (Å²) in [5.41, 5.74) is 4.49. The second-order valence-electron chi connectivity index (χ2n) is 5.61. The first kappa shape index (κ1) is 23.4. The fourth-order valence-corrected chi connectivity index (χ4v) is 3.86. The van der Waals surface area contributed by atoms with Crippen molar-refractivity contribution < 1.29 is 26.0 Å². The molecule has 0 spiro atoms. The molecule has 2 aromatic rings. The third kappa shape index (κ3) is 5.90. The zero-order chi connectivity index (χ0) is 19.4. The van der Waals surface area contributed by atoms with Gasteiger partial charge in [-0.15, -0.1) is 12.4 Å². The van der Waals surface area contributed by atoms with E-state index in [9.17, 15) is 26.0 Å². The number of alkyl halides is 3. The van der Waals surface area contributed by atoms with Gasteiger partial charge in [0.05, 0.1) is 10.5 Å². The molecule has 0 aromatic heterocycles. The fraction of sp³-hybridized carbons (Fsp3) is 0.294. The van der Waals surface area contributed by atoms with Gasteiger partial charge >= 0.3 is 6.18 Å². The Morgan fingerprint density at radius 1 is 1.04 bits per heavy atom. The van der Waals surface area contributed by atoms with Crippen molar-refractivity contribution in [1.29, 1.82) is 0 Å². The lowest BCUT2D eigenvalue weighted by Gasteiger charge is -2.23. The van der Waals surface area contributed by atoms with Crippen LogP contribution in [-0.4, -0.2) is 25.8 Å². The summed E-state index contributed by atoms with van der Waals surface area (Å²) in [5.74, 6) is -1.52. The van der Waals surface area contributed by atoms with Gasteiger partial charge in [0.25, 0.3) is 0 Å². The van der Waals surface area contributed by atoms with Gasteiger partial charge in [0.2, 0.25) is 10.0 Å². The van der Waals surface area contributed by atoms with Crippen molar-refractivity contribution in [2.24, 2.45) is 5.73 Å². The van der Waals surface area contributed by atoms with Gasteiger partial charge in [0.1, 0.15) is 5.82 Å². The zero-order valence-electron chi connectivity index (χ0n) is 14.1. The van der Waals surface area contributed by atoms with Crippen LogP contribution in [0.15, 0.2) is 53.4 Å². The van der Waals surface area contributed by atoms with E-state index in [0.29, 0.717) is 24.1 Å². The van der Waals surface area contributed by atoms with Crippen molar-refractivity contribution in [3.8, 4) is 0 Å². The third-order valence-electron chi connectivity index (χ3n) is 3.69. The molecule has 150 valence electrons. The van der Waals surface area contributed by atoms with Gasteiger partial charge in [0, 0.05) is 13.1 Å². The summed E-state index contributed by atoms with van der Waals surface area (Å²) < 4.78 is 78.9. The number of sulfonamides is 1. The van der Waals surface area contributed by atoms with E-state index >= 15 is 0 Å². The van der Waals surface area contributed by atoms with E-state index in [1.807, 2.05) is 0 Å². The highest BCUT2D eigenvalue weighted by Gasteiger charge is 2.36. The van der Waals surface area contributed by atoms with Crippen LogP contribution in [0, 0.1) is 5.82 Å². The highest BCUT2D eigenvalue weighted by Crippen LogP contribution is 2.33. The minimum absolute atomic E-state index is 0. The Balaban J connectivity index is 0.00000364. The second kappa shape index (κ2) is 9.50. The van der Waals surface area contributed by atoms with Gasteiger partial charge in [-0.05, 0) is 36.7 Å². The number of halogens is 5. The van der Waals surface area contributed by atoms with E-state index in [0.717, 1.165) is 10.4 Å². The van der Waals surface area contributed by atoms with Gasteiger partial charge in [-0.3, -0.25) is 0 Å². The minimum Gasteiger partial charge on any atom is -0.330 e. The Hall–Kier alpha value is -1.68. The molecule has 4 nitrogen and oxygen atoms in total. The Labute approximate surface area is 161 Å². The van der Waals surface area contributed by atoms with E-state index in [2.05, 4.69) is 0 Å². The van der Waals surface area contributed by atoms with Crippen molar-refractivity contribution in [3.63, 3.8) is 0 Å². The summed E-state index contributed by atoms with van der Waals surface area (Å²) in [4.78, 5) is -0.612. The minimum atomic E-state index is -4.99. The molecule has 0 unspecified atom stereocenters. The zero-order valence-corrected chi connectivity index (χ0v) is 15.7. The van der Waals surface area contributed by atoms with Gasteiger partial charge < -0.3 is 5.73 Å². The molecule has 0 fully saturated rings. The van der Waals surface area contributed by atoms with Gasteiger partial charge in [-0.25, -0.2) is 12.8 Å². The maximum absolute atomic E-state index is 13.5. The molecule has 0 saturated carbocycles. The molecule has 0 aliphatic heterocycles. The first-order valence-corrected chi connectivity index (χ1v) is 9.21. The van der Waals surface area contributed by atoms with Crippen LogP contribution in [0.3, 0.4) is 0 Å². The molecular formula is C17H19ClF4N2O2S. The molecule has 2 aromatic carbocycles. The summed E-state index contributed by atoms with van der Waals surface area (Å²) >= 11 is 0. The van der Waals surface area contributed by atoms with Crippen LogP contribution in [0.2, 0.25) is 0 Å². The van der Waals surface area contributed by atoms with E-state index in [4.69, 9.17) is 5.73 Å². The smallest absolute Gasteiger partial charge is 0.330 e. The van der Waals surface area contributed by atoms with Gasteiger partial charge in [0.15, 0.2) is 0 Å². The molecular weight excluding hydrogens is 408 g/mol. The molecule has 2 N–H and O–H groups in total. The van der Waals surface area contributed by atoms with Crippen molar-refractivity contribution >= 4 is 22.4 Å². The fourth-order valence-electron chi connectivity index (χ4n) is 2.37. The van der Waals surface area contributed by atoms with Gasteiger partial charge in [-0.2, -0.15) is 17.5 Å². The predicted octanol–water partition coefficient (Wildman–Crippen LogP) is 3.81. The largest absolute Gasteiger partial charge is 0.419 e. The maximum atomic E-state index is 13.5. The summed E-state index contributed by atoms with van der Waals surface area (Å²) in [6.07, 6.45) is -4.66. The third-order valence-corrected chi connectivity index (χ3v) is 5.54. The van der Waals surface area contributed by atoms with Crippen molar-refractivity contribution in [3.05, 3.63) is 65.5 Å². The lowest BCUT2D eigenvalue weighted by Crippen LogP contribution is -2.33. The molecule has 10 heteroatoms. The highest BCUT2D eigenvalue weighted by molar-refractivity contribution is 7.89. The van der Waals surface area contributed by atoms with Crippen LogP contribution >= 0.6 is 12.4 Å². The number of hydrogen-bond donors (Lipinski definition) is 1. The Kier molecular flexibility index (Phi) is 8.22. The first-order chi connectivity index (χ1) is 12.2. The summed E-state index contributed by atoms with van der Waals surface area (Å²) in [6, 6.07) is 10.3. The Morgan fingerprint density at radius 3 is 2.22 bits per heavy atom. The van der Waals surface area contributed by atoms with Crippen molar-refractivity contribution in [1.82, 2.24) is 4.31 Å². The van der Waals surface area contributed by atoms with Crippen molar-refractivity contribution in [2.45, 2.75) is 24.0 Å². The molecule has 0 aliphatic carbocycles. The quantitative estimate of drug-likeness (QED) is 0.685. The van der Waals surface area contributed by atoms with E-state index < -0.39 is 32.5 Å². The Bertz CT molecular complexity index is 846. The summed E-state index contributed by atoms with van der Waals surface area (Å²) in [6.45, 7) is 0.229. The van der Waals surface area contributed by atoms with E-state index in [1.54, 1.807) is 30.3 Å². The van der Waals surface area contributed by atoms with Crippen LogP contribution in [0.25, 0.3) is 0 Å². The number of nitrogens with two attached hydrogens (primary N) is 1. The van der Waals surface area contributed by atoms with Crippen LogP contribution in [0.5, 0.6) is 0 Å². The highest BCUT2D eigenvalue weighted by atomic mass is 35.5. The van der Waals surface area contributed by atoms with Gasteiger partial charge in [-0.1, -0.05) is 30.3 Å². The molecule has 0 aliphatic rings. The molecule has 0 radical (unpaired) electrons. The molecule has 0 bridgehead atoms. The lowest BCUT2D eigenvalue weighted by atomic mass is 10.2. The van der Waals surface area contributed by atoms with Crippen LogP contribution in [-0.2, 0) is 22.7 Å². The van der Waals surface area contributed by atoms with E-state index in [1.165, 1.54) is 0 Å². The molecule has 0 heterocycles. The Morgan fingerprint density at radius 2 is 1.67 bits per heavy atom. The standard InChI is InChI=1S/C17H18F4N2O2S.ClH/c18-16-8-7-14(11-15(16)17(19,20)21)26(24,25)23(10-4-9-22)12-13-5-2-1-3-6-13;/h1-3,5-8,11H,4,9-10,12,22H2;1H. The normalized spacial score (nSPS) is 12.1. The molecule has 0 saturated heterocycles. The maximum Gasteiger partial charge on any atom is 0.419 e. The predicted molar refractivity (Wildman–Crippen MR) is 96.4 cm³/mol. The number of rotatable bonds is 7. The monoisotopic (exact) mass is 426 g/mol. The van der Waals surface area contributed by atoms with Crippen LogP contribution in [0.4, 0.5) is 17.6 Å². The van der Waals surface area contributed by atoms with E-state index in [-0.39, 0.29) is 32.0 Å².